The summed E-state index contributed by atoms with van der Waals surface area (Å²) < 4.78 is 0. The van der Waals surface area contributed by atoms with Gasteiger partial charge in [0.1, 0.15) is 0 Å². The van der Waals surface area contributed by atoms with Crippen LogP contribution >= 0.6 is 0 Å². The molecule has 8 N–H and O–H groups in total. The van der Waals surface area contributed by atoms with Gasteiger partial charge in [0.15, 0.2) is 0 Å². The second kappa shape index (κ2) is 62.4. The summed E-state index contributed by atoms with van der Waals surface area (Å²) in [4.78, 5) is 30.3. The molecular formula is C44H48B4N12O8. The van der Waals surface area contributed by atoms with Crippen molar-refractivity contribution in [3.8, 4) is 23.9 Å². The Morgan fingerprint density at radius 1 is 0.191 bits per heavy atom. The lowest BCUT2D eigenvalue weighted by Gasteiger charge is -1.70. The minimum Gasteiger partial charge on any atom is -0.415 e. The van der Waals surface area contributed by atoms with Crippen LogP contribution in [0.1, 0.15) is 0 Å². The van der Waals surface area contributed by atoms with Crippen molar-refractivity contribution in [1.82, 2.24) is 39.9 Å². The molecule has 0 spiro atoms. The predicted molar refractivity (Wildman–Crippen MR) is 257 cm³/mol. The molecule has 0 bridgehead atoms. The summed E-state index contributed by atoms with van der Waals surface area (Å²) in [5.74, 6) is 4.56. The molecule has 8 heterocycles. The molecule has 68 heavy (non-hydrogen) atoms. The SMILES string of the molecule is N#CB(O)O.N#CB(O)O.N#CB(O)O.N#CB(O)O.c1ccncc1.c1ccncc1.c1ccncc1.c1ccncc1.c1ccncc1.c1ccncc1.c1ccncc1.c1ccncc1. The van der Waals surface area contributed by atoms with Gasteiger partial charge in [-0.1, -0.05) is 48.5 Å². The zero-order chi connectivity index (χ0) is 51.1. The third-order valence-electron chi connectivity index (χ3n) is 4.99. The summed E-state index contributed by atoms with van der Waals surface area (Å²) in [7, 11) is -7.24. The Bertz CT molecular complexity index is 1550. The van der Waals surface area contributed by atoms with E-state index in [4.69, 9.17) is 61.2 Å². The van der Waals surface area contributed by atoms with Crippen LogP contribution in [0.5, 0.6) is 0 Å². The van der Waals surface area contributed by atoms with Crippen molar-refractivity contribution in [1.29, 1.82) is 21.0 Å². The summed E-state index contributed by atoms with van der Waals surface area (Å²) in [6.07, 6.45) is 28.0. The van der Waals surface area contributed by atoms with Gasteiger partial charge in [-0.2, -0.15) is 0 Å². The van der Waals surface area contributed by atoms with E-state index in [-0.39, 0.29) is 0 Å². The lowest BCUT2D eigenvalue weighted by atomic mass is 9.97. The highest BCUT2D eigenvalue weighted by molar-refractivity contribution is 6.51. The molecular weight excluding hydrogens is 868 g/mol. The van der Waals surface area contributed by atoms with Crippen LogP contribution in [0.2, 0.25) is 0 Å². The first kappa shape index (κ1) is 65.7. The Labute approximate surface area is 397 Å². The molecule has 0 saturated carbocycles. The molecule has 0 amide bonds. The average Bonchev–Trinajstić information content (AvgIpc) is 3.44. The van der Waals surface area contributed by atoms with Crippen LogP contribution in [-0.4, -0.2) is 109 Å². The summed E-state index contributed by atoms with van der Waals surface area (Å²) in [6.45, 7) is 0. The van der Waals surface area contributed by atoms with Crippen molar-refractivity contribution in [3.63, 3.8) is 0 Å². The Balaban J connectivity index is -0.000000329. The molecule has 8 aromatic rings. The van der Waals surface area contributed by atoms with Gasteiger partial charge < -0.3 is 40.2 Å². The summed E-state index contributed by atoms with van der Waals surface area (Å²) in [5.41, 5.74) is 0. The largest absolute Gasteiger partial charge is 0.573 e. The van der Waals surface area contributed by atoms with Gasteiger partial charge in [-0.3, -0.25) is 39.9 Å². The van der Waals surface area contributed by atoms with Crippen LogP contribution in [0.4, 0.5) is 0 Å². The first-order valence-corrected chi connectivity index (χ1v) is 18.9. The highest BCUT2D eigenvalue weighted by atomic mass is 16.4. The molecule has 24 heteroatoms. The highest BCUT2D eigenvalue weighted by Crippen LogP contribution is 1.78. The molecule has 8 rings (SSSR count). The van der Waals surface area contributed by atoms with Crippen LogP contribution in [0.3, 0.4) is 0 Å². The van der Waals surface area contributed by atoms with Crippen LogP contribution in [0.15, 0.2) is 245 Å². The van der Waals surface area contributed by atoms with Gasteiger partial charge >= 0.3 is 28.5 Å². The van der Waals surface area contributed by atoms with Gasteiger partial charge in [0.05, 0.1) is 23.9 Å². The molecule has 0 aromatic carbocycles. The summed E-state index contributed by atoms with van der Waals surface area (Å²) in [6, 6.07) is 45.7. The van der Waals surface area contributed by atoms with E-state index in [1.165, 1.54) is 0 Å². The second-order valence-corrected chi connectivity index (χ2v) is 10.2. The number of nitriles is 4. The van der Waals surface area contributed by atoms with E-state index in [1.807, 2.05) is 146 Å². The fourth-order valence-electron chi connectivity index (χ4n) is 2.50. The molecule has 0 saturated heterocycles. The van der Waals surface area contributed by atoms with E-state index in [0.29, 0.717) is 0 Å². The molecule has 0 radical (unpaired) electrons. The molecule has 0 aliphatic heterocycles. The molecule has 0 fully saturated rings. The molecule has 20 nitrogen and oxygen atoms in total. The Morgan fingerprint density at radius 2 is 0.265 bits per heavy atom. The molecule has 0 aliphatic carbocycles. The Hall–Kier alpha value is -8.90. The molecule has 0 aliphatic rings. The quantitative estimate of drug-likeness (QED) is 0.101. The highest BCUT2D eigenvalue weighted by Gasteiger charge is 2.00. The molecule has 0 atom stereocenters. The summed E-state index contributed by atoms with van der Waals surface area (Å²) >= 11 is 0. The monoisotopic (exact) mass is 916 g/mol. The van der Waals surface area contributed by atoms with Crippen molar-refractivity contribution < 1.29 is 40.2 Å². The van der Waals surface area contributed by atoms with Gasteiger partial charge in [0, 0.05) is 99.1 Å². The van der Waals surface area contributed by atoms with E-state index in [0.717, 1.165) is 23.9 Å². The maximum atomic E-state index is 7.56. The topological polar surface area (TPSA) is 360 Å². The zero-order valence-corrected chi connectivity index (χ0v) is 36.3. The Kier molecular flexibility index (Phi) is 60.3. The molecule has 344 valence electrons. The maximum Gasteiger partial charge on any atom is 0.573 e. The number of hydrogen-bond donors (Lipinski definition) is 8. The summed E-state index contributed by atoms with van der Waals surface area (Å²) in [5, 5.41) is 90.0. The minimum absolute atomic E-state index is 1.14. The van der Waals surface area contributed by atoms with Crippen LogP contribution < -0.4 is 0 Å². The van der Waals surface area contributed by atoms with Gasteiger partial charge in [0.25, 0.3) is 0 Å². The van der Waals surface area contributed by atoms with Gasteiger partial charge in [-0.15, -0.1) is 0 Å². The van der Waals surface area contributed by atoms with E-state index in [2.05, 4.69) is 39.9 Å². The van der Waals surface area contributed by atoms with Crippen molar-refractivity contribution >= 4 is 28.5 Å². The molecule has 0 unspecified atom stereocenters. The van der Waals surface area contributed by atoms with E-state index < -0.39 is 28.5 Å². The van der Waals surface area contributed by atoms with Crippen LogP contribution in [-0.2, 0) is 0 Å². The van der Waals surface area contributed by atoms with Gasteiger partial charge in [0.2, 0.25) is 0 Å². The van der Waals surface area contributed by atoms with Crippen molar-refractivity contribution in [3.05, 3.63) is 245 Å². The number of hydrogen-bond acceptors (Lipinski definition) is 20. The lowest BCUT2D eigenvalue weighted by Crippen LogP contribution is -2.05. The number of rotatable bonds is 0. The van der Waals surface area contributed by atoms with Crippen molar-refractivity contribution in [2.75, 3.05) is 0 Å². The van der Waals surface area contributed by atoms with Gasteiger partial charge in [-0.05, 0) is 97.1 Å². The number of nitrogens with zero attached hydrogens (tertiary/aromatic N) is 12. The minimum atomic E-state index is -1.81. The smallest absolute Gasteiger partial charge is 0.415 e. The third kappa shape index (κ3) is 81.0. The lowest BCUT2D eigenvalue weighted by molar-refractivity contribution is 0.425. The maximum absolute atomic E-state index is 7.56. The first-order valence-electron chi connectivity index (χ1n) is 18.9. The zero-order valence-electron chi connectivity index (χ0n) is 36.3. The van der Waals surface area contributed by atoms with Crippen molar-refractivity contribution in [2.45, 2.75) is 0 Å². The van der Waals surface area contributed by atoms with Crippen molar-refractivity contribution in [2.24, 2.45) is 0 Å². The normalized spacial score (nSPS) is 7.35. The molecule has 8 aromatic heterocycles. The fraction of sp³-hybridized carbons (Fsp3) is 0. The van der Waals surface area contributed by atoms with E-state index >= 15 is 0 Å². The number of aromatic nitrogens is 8. The first-order chi connectivity index (χ1) is 33.1. The van der Waals surface area contributed by atoms with E-state index in [1.54, 1.807) is 99.1 Å². The fourth-order valence-corrected chi connectivity index (χ4v) is 2.50. The second-order valence-electron chi connectivity index (χ2n) is 10.2. The predicted octanol–water partition coefficient (Wildman–Crippen LogP) is 2.74. The van der Waals surface area contributed by atoms with E-state index in [9.17, 15) is 0 Å². The third-order valence-corrected chi connectivity index (χ3v) is 4.99. The number of pyridine rings is 8. The van der Waals surface area contributed by atoms with Gasteiger partial charge in [-0.25, -0.2) is 21.0 Å². The standard InChI is InChI=1S/8C5H5N.4CH2BNO2/c8*1-2-4-6-5-3-1;4*3-1-2(4)5/h8*1-5H;4*4-5H. The van der Waals surface area contributed by atoms with Crippen LogP contribution in [0, 0.1) is 44.9 Å². The van der Waals surface area contributed by atoms with Crippen LogP contribution in [0.25, 0.3) is 0 Å². The average molecular weight is 916 g/mol. The Morgan fingerprint density at radius 3 is 0.279 bits per heavy atom.